The number of carboxylic acid groups (broad SMARTS) is 1. The molecule has 0 aliphatic rings. The number of carbonyl (C=O) groups is 1. The Morgan fingerprint density at radius 2 is 1.64 bits per heavy atom. The zero-order chi connectivity index (χ0) is 25.3. The molecule has 0 aliphatic heterocycles. The van der Waals surface area contributed by atoms with E-state index in [0.29, 0.717) is 36.8 Å². The van der Waals surface area contributed by atoms with Crippen LogP contribution in [-0.4, -0.2) is 34.1 Å². The summed E-state index contributed by atoms with van der Waals surface area (Å²) in [6.07, 6.45) is 2.73. The van der Waals surface area contributed by atoms with E-state index in [-0.39, 0.29) is 5.56 Å². The summed E-state index contributed by atoms with van der Waals surface area (Å²) in [7, 11) is 0. The molecule has 1 aromatic heterocycles. The van der Waals surface area contributed by atoms with Gasteiger partial charge in [-0.05, 0) is 61.7 Å². The number of aromatic nitrogens is 2. The smallest absolute Gasteiger partial charge is 0.335 e. The van der Waals surface area contributed by atoms with E-state index in [1.165, 1.54) is 5.56 Å². The number of hydrogen-bond donors (Lipinski definition) is 1. The van der Waals surface area contributed by atoms with Gasteiger partial charge in [-0.2, -0.15) is 5.10 Å². The molecular formula is C30H32N2O4. The third kappa shape index (κ3) is 5.95. The average molecular weight is 485 g/mol. The van der Waals surface area contributed by atoms with Crippen LogP contribution in [-0.2, 0) is 13.0 Å². The lowest BCUT2D eigenvalue weighted by Gasteiger charge is -2.12. The monoisotopic (exact) mass is 484 g/mol. The maximum Gasteiger partial charge on any atom is 0.335 e. The molecule has 0 fully saturated rings. The van der Waals surface area contributed by atoms with Crippen LogP contribution in [0, 0.1) is 0 Å². The number of aryl methyl sites for hydroxylation is 2. The molecule has 0 radical (unpaired) electrons. The maximum absolute atomic E-state index is 11.7. The molecule has 0 bridgehead atoms. The second kappa shape index (κ2) is 12.1. The summed E-state index contributed by atoms with van der Waals surface area (Å²) in [5.74, 6) is 0.429. The summed E-state index contributed by atoms with van der Waals surface area (Å²) in [5.41, 5.74) is 4.59. The van der Waals surface area contributed by atoms with Gasteiger partial charge in [-0.15, -0.1) is 0 Å². The second-order valence-corrected chi connectivity index (χ2v) is 8.52. The van der Waals surface area contributed by atoms with Gasteiger partial charge in [0.15, 0.2) is 0 Å². The molecule has 4 rings (SSSR count). The van der Waals surface area contributed by atoms with E-state index >= 15 is 0 Å². The van der Waals surface area contributed by atoms with E-state index in [0.717, 1.165) is 36.3 Å². The van der Waals surface area contributed by atoms with Gasteiger partial charge >= 0.3 is 5.97 Å². The molecule has 1 heterocycles. The fraction of sp³-hybridized carbons (Fsp3) is 0.267. The lowest BCUT2D eigenvalue weighted by atomic mass is 10.0. The topological polar surface area (TPSA) is 73.6 Å². The molecular weight excluding hydrogens is 452 g/mol. The predicted molar refractivity (Wildman–Crippen MR) is 142 cm³/mol. The summed E-state index contributed by atoms with van der Waals surface area (Å²) in [4.78, 5) is 11.7. The Balaban J connectivity index is 1.80. The van der Waals surface area contributed by atoms with Crippen LogP contribution in [0.2, 0.25) is 0 Å². The quantitative estimate of drug-likeness (QED) is 0.226. The van der Waals surface area contributed by atoms with Crippen molar-refractivity contribution in [3.05, 3.63) is 90.0 Å². The van der Waals surface area contributed by atoms with Crippen molar-refractivity contribution in [1.29, 1.82) is 0 Å². The number of ether oxygens (including phenoxy) is 2. The van der Waals surface area contributed by atoms with Crippen molar-refractivity contribution in [2.45, 2.75) is 39.7 Å². The summed E-state index contributed by atoms with van der Waals surface area (Å²) in [5, 5.41) is 14.6. The van der Waals surface area contributed by atoms with E-state index < -0.39 is 5.97 Å². The highest BCUT2D eigenvalue weighted by atomic mass is 16.5. The molecule has 0 atom stereocenters. The van der Waals surface area contributed by atoms with Crippen LogP contribution in [0.1, 0.15) is 42.6 Å². The molecule has 0 saturated carbocycles. The number of para-hydroxylation sites is 1. The molecule has 1 N–H and O–H groups in total. The summed E-state index contributed by atoms with van der Waals surface area (Å²) >= 11 is 0. The third-order valence-electron chi connectivity index (χ3n) is 5.96. The molecule has 186 valence electrons. The van der Waals surface area contributed by atoms with Gasteiger partial charge in [-0.1, -0.05) is 55.8 Å². The predicted octanol–water partition coefficient (Wildman–Crippen LogP) is 6.74. The standard InChI is InChI=1S/C30H32N2O4/c1-3-5-19-36-29-16-15-23(30(33)34)20-25(29)26-21-27(24-13-9-10-14-28(24)35-4-2)32(31-26)18-17-22-11-7-6-8-12-22/h6-16,20-21H,3-5,17-19H2,1-2H3,(H,33,34). The number of carboxylic acids is 1. The highest BCUT2D eigenvalue weighted by Crippen LogP contribution is 2.36. The number of nitrogens with zero attached hydrogens (tertiary/aromatic N) is 2. The third-order valence-corrected chi connectivity index (χ3v) is 5.96. The van der Waals surface area contributed by atoms with Gasteiger partial charge in [0.2, 0.25) is 0 Å². The molecule has 3 aromatic carbocycles. The van der Waals surface area contributed by atoms with Crippen molar-refractivity contribution < 1.29 is 19.4 Å². The van der Waals surface area contributed by atoms with Gasteiger partial charge in [0.25, 0.3) is 0 Å². The first-order valence-corrected chi connectivity index (χ1v) is 12.4. The Labute approximate surface area is 212 Å². The highest BCUT2D eigenvalue weighted by Gasteiger charge is 2.19. The minimum absolute atomic E-state index is 0.197. The Kier molecular flexibility index (Phi) is 8.40. The molecule has 0 amide bonds. The van der Waals surface area contributed by atoms with Crippen molar-refractivity contribution in [3.8, 4) is 34.0 Å². The minimum atomic E-state index is -0.984. The number of rotatable bonds is 12. The van der Waals surface area contributed by atoms with Crippen LogP contribution in [0.25, 0.3) is 22.5 Å². The molecule has 0 aliphatic carbocycles. The largest absolute Gasteiger partial charge is 0.493 e. The van der Waals surface area contributed by atoms with Crippen LogP contribution < -0.4 is 9.47 Å². The number of aromatic carboxylic acids is 1. The maximum atomic E-state index is 11.7. The molecule has 0 spiro atoms. The molecule has 6 heteroatoms. The van der Waals surface area contributed by atoms with E-state index in [4.69, 9.17) is 14.6 Å². The van der Waals surface area contributed by atoms with Gasteiger partial charge < -0.3 is 14.6 Å². The van der Waals surface area contributed by atoms with Crippen LogP contribution >= 0.6 is 0 Å². The van der Waals surface area contributed by atoms with Gasteiger partial charge in [0.05, 0.1) is 30.2 Å². The van der Waals surface area contributed by atoms with E-state index in [1.54, 1.807) is 18.2 Å². The summed E-state index contributed by atoms with van der Waals surface area (Å²) in [6, 6.07) is 25.1. The number of unbranched alkanes of at least 4 members (excludes halogenated alkanes) is 1. The van der Waals surface area contributed by atoms with Crippen LogP contribution in [0.5, 0.6) is 11.5 Å². The first kappa shape index (κ1) is 25.0. The Bertz CT molecular complexity index is 1300. The number of benzene rings is 3. The van der Waals surface area contributed by atoms with Crippen molar-refractivity contribution in [2.24, 2.45) is 0 Å². The Hall–Kier alpha value is -4.06. The van der Waals surface area contributed by atoms with Gasteiger partial charge in [0.1, 0.15) is 11.5 Å². The fourth-order valence-electron chi connectivity index (χ4n) is 4.09. The first-order chi connectivity index (χ1) is 17.6. The number of hydrogen-bond acceptors (Lipinski definition) is 4. The van der Waals surface area contributed by atoms with Crippen LogP contribution in [0.4, 0.5) is 0 Å². The normalized spacial score (nSPS) is 10.8. The van der Waals surface area contributed by atoms with Gasteiger partial charge in [-0.3, -0.25) is 4.68 Å². The SMILES string of the molecule is CCCCOc1ccc(C(=O)O)cc1-c1cc(-c2ccccc2OCC)n(CCc2ccccc2)n1. The molecule has 0 unspecified atom stereocenters. The highest BCUT2D eigenvalue weighted by molar-refractivity contribution is 5.90. The van der Waals surface area contributed by atoms with Crippen molar-refractivity contribution in [1.82, 2.24) is 9.78 Å². The molecule has 36 heavy (non-hydrogen) atoms. The van der Waals surface area contributed by atoms with Crippen molar-refractivity contribution >= 4 is 5.97 Å². The molecule has 4 aromatic rings. The molecule has 0 saturated heterocycles. The Morgan fingerprint density at radius 3 is 2.39 bits per heavy atom. The lowest BCUT2D eigenvalue weighted by molar-refractivity contribution is 0.0697. The van der Waals surface area contributed by atoms with Gasteiger partial charge in [-0.25, -0.2) is 4.79 Å². The second-order valence-electron chi connectivity index (χ2n) is 8.52. The summed E-state index contributed by atoms with van der Waals surface area (Å²) < 4.78 is 13.9. The Morgan fingerprint density at radius 1 is 0.889 bits per heavy atom. The minimum Gasteiger partial charge on any atom is -0.493 e. The zero-order valence-corrected chi connectivity index (χ0v) is 20.8. The summed E-state index contributed by atoms with van der Waals surface area (Å²) in [6.45, 7) is 5.84. The van der Waals surface area contributed by atoms with Crippen molar-refractivity contribution in [3.63, 3.8) is 0 Å². The van der Waals surface area contributed by atoms with Crippen LogP contribution in [0.3, 0.4) is 0 Å². The van der Waals surface area contributed by atoms with Gasteiger partial charge in [0, 0.05) is 17.7 Å². The van der Waals surface area contributed by atoms with E-state index in [9.17, 15) is 9.90 Å². The zero-order valence-electron chi connectivity index (χ0n) is 20.8. The van der Waals surface area contributed by atoms with E-state index in [1.807, 2.05) is 60.1 Å². The first-order valence-electron chi connectivity index (χ1n) is 12.4. The molecule has 6 nitrogen and oxygen atoms in total. The van der Waals surface area contributed by atoms with Crippen LogP contribution in [0.15, 0.2) is 78.9 Å². The van der Waals surface area contributed by atoms with Crippen molar-refractivity contribution in [2.75, 3.05) is 13.2 Å². The van der Waals surface area contributed by atoms with E-state index in [2.05, 4.69) is 19.1 Å². The lowest BCUT2D eigenvalue weighted by Crippen LogP contribution is -2.06. The fourth-order valence-corrected chi connectivity index (χ4v) is 4.09. The average Bonchev–Trinajstić information content (AvgIpc) is 3.32.